The molecule has 3 N–H and O–H groups in total. The van der Waals surface area contributed by atoms with E-state index in [2.05, 4.69) is 10.4 Å². The van der Waals surface area contributed by atoms with E-state index in [4.69, 9.17) is 5.73 Å². The van der Waals surface area contributed by atoms with Crippen molar-refractivity contribution in [1.29, 1.82) is 0 Å². The number of nitrogens with two attached hydrogens (primary N) is 1. The Morgan fingerprint density at radius 2 is 2.11 bits per heavy atom. The molecule has 4 nitrogen and oxygen atoms in total. The van der Waals surface area contributed by atoms with Crippen molar-refractivity contribution in [1.82, 2.24) is 9.78 Å². The van der Waals surface area contributed by atoms with Crippen molar-refractivity contribution in [3.05, 3.63) is 41.3 Å². The highest BCUT2D eigenvalue weighted by atomic mass is 19.1. The molecule has 1 heterocycles. The van der Waals surface area contributed by atoms with Crippen molar-refractivity contribution in [3.63, 3.8) is 0 Å². The largest absolute Gasteiger partial charge is 0.394 e. The van der Waals surface area contributed by atoms with Gasteiger partial charge in [-0.3, -0.25) is 4.68 Å². The molecule has 0 unspecified atom stereocenters. The first-order chi connectivity index (χ1) is 8.63. The van der Waals surface area contributed by atoms with Crippen molar-refractivity contribution in [3.8, 4) is 0 Å². The summed E-state index contributed by atoms with van der Waals surface area (Å²) in [5.74, 6) is 0.511. The van der Waals surface area contributed by atoms with Crippen molar-refractivity contribution in [2.45, 2.75) is 19.9 Å². The van der Waals surface area contributed by atoms with Crippen LogP contribution in [0.3, 0.4) is 0 Å². The van der Waals surface area contributed by atoms with E-state index in [9.17, 15) is 4.39 Å². The third-order valence-corrected chi connectivity index (χ3v) is 2.90. The average molecular weight is 248 g/mol. The van der Waals surface area contributed by atoms with Gasteiger partial charge in [0.25, 0.3) is 0 Å². The molecule has 2 rings (SSSR count). The lowest BCUT2D eigenvalue weighted by Crippen LogP contribution is -2.07. The quantitative estimate of drug-likeness (QED) is 0.873. The minimum Gasteiger partial charge on any atom is -0.394 e. The van der Waals surface area contributed by atoms with Crippen LogP contribution in [0.4, 0.5) is 15.9 Å². The zero-order chi connectivity index (χ0) is 13.1. The van der Waals surface area contributed by atoms with Gasteiger partial charge in [-0.25, -0.2) is 4.39 Å². The van der Waals surface area contributed by atoms with Gasteiger partial charge in [-0.2, -0.15) is 5.10 Å². The molecular weight excluding hydrogens is 231 g/mol. The Morgan fingerprint density at radius 3 is 2.72 bits per heavy atom. The number of rotatable bonds is 4. The molecule has 1 aromatic heterocycles. The Hall–Kier alpha value is -2.04. The normalized spacial score (nSPS) is 10.6. The monoisotopic (exact) mass is 248 g/mol. The summed E-state index contributed by atoms with van der Waals surface area (Å²) in [6.45, 7) is 2.39. The maximum absolute atomic E-state index is 13.5. The highest BCUT2D eigenvalue weighted by molar-refractivity contribution is 5.65. The molecule has 0 radical (unpaired) electrons. The summed E-state index contributed by atoms with van der Waals surface area (Å²) in [6.07, 6.45) is 0.779. The number of nitrogens with one attached hydrogen (secondary N) is 1. The molecular formula is C13H17FN4. The molecule has 1 aromatic carbocycles. The van der Waals surface area contributed by atoms with E-state index in [1.165, 1.54) is 6.07 Å². The zero-order valence-corrected chi connectivity index (χ0v) is 10.6. The molecule has 0 spiro atoms. The van der Waals surface area contributed by atoms with E-state index < -0.39 is 0 Å². The van der Waals surface area contributed by atoms with Gasteiger partial charge < -0.3 is 11.1 Å². The molecule has 0 saturated carbocycles. The highest BCUT2D eigenvalue weighted by Gasteiger charge is 2.11. The molecule has 0 aliphatic rings. The fraction of sp³-hybridized carbons (Fsp3) is 0.308. The average Bonchev–Trinajstić information content (AvgIpc) is 2.64. The second-order valence-electron chi connectivity index (χ2n) is 4.13. The predicted molar refractivity (Wildman–Crippen MR) is 70.7 cm³/mol. The van der Waals surface area contributed by atoms with Crippen LogP contribution < -0.4 is 11.1 Å². The molecule has 96 valence electrons. The number of halogens is 1. The number of hydrogen-bond donors (Lipinski definition) is 2. The van der Waals surface area contributed by atoms with E-state index in [1.807, 2.05) is 20.0 Å². The van der Waals surface area contributed by atoms with Crippen LogP contribution in [0.2, 0.25) is 0 Å². The SMILES string of the molecule is CCc1nn(C)c(NCc2ccccc2F)c1N. The van der Waals surface area contributed by atoms with Gasteiger partial charge in [0.05, 0.1) is 11.4 Å². The number of nitrogens with zero attached hydrogens (tertiary/aromatic N) is 2. The van der Waals surface area contributed by atoms with E-state index >= 15 is 0 Å². The van der Waals surface area contributed by atoms with Crippen LogP contribution in [0.1, 0.15) is 18.2 Å². The molecule has 0 saturated heterocycles. The molecule has 0 aliphatic carbocycles. The van der Waals surface area contributed by atoms with Crippen molar-refractivity contribution in [2.24, 2.45) is 7.05 Å². The Morgan fingerprint density at radius 1 is 1.39 bits per heavy atom. The molecule has 0 amide bonds. The zero-order valence-electron chi connectivity index (χ0n) is 10.6. The standard InChI is InChI=1S/C13H17FN4/c1-3-11-12(15)13(18(2)17-11)16-8-9-6-4-5-7-10(9)14/h4-7,16H,3,8,15H2,1-2H3. The number of hydrogen-bond acceptors (Lipinski definition) is 3. The molecule has 2 aromatic rings. The summed E-state index contributed by atoms with van der Waals surface area (Å²) < 4.78 is 15.2. The van der Waals surface area contributed by atoms with Gasteiger partial charge in [0.15, 0.2) is 0 Å². The van der Waals surface area contributed by atoms with Crippen LogP contribution in [0.25, 0.3) is 0 Å². The van der Waals surface area contributed by atoms with Crippen LogP contribution in [0, 0.1) is 5.82 Å². The lowest BCUT2D eigenvalue weighted by Gasteiger charge is -2.08. The Labute approximate surface area is 106 Å². The van der Waals surface area contributed by atoms with Gasteiger partial charge in [-0.15, -0.1) is 0 Å². The van der Waals surface area contributed by atoms with E-state index in [1.54, 1.807) is 16.8 Å². The van der Waals surface area contributed by atoms with Crippen molar-refractivity contribution in [2.75, 3.05) is 11.1 Å². The lowest BCUT2D eigenvalue weighted by atomic mass is 10.2. The molecule has 0 bridgehead atoms. The molecule has 0 aliphatic heterocycles. The van der Waals surface area contributed by atoms with E-state index in [-0.39, 0.29) is 5.82 Å². The van der Waals surface area contributed by atoms with Crippen molar-refractivity contribution < 1.29 is 4.39 Å². The van der Waals surface area contributed by atoms with Gasteiger partial charge >= 0.3 is 0 Å². The van der Waals surface area contributed by atoms with Gasteiger partial charge in [0, 0.05) is 19.2 Å². The number of aromatic nitrogens is 2. The third-order valence-electron chi connectivity index (χ3n) is 2.90. The first-order valence-electron chi connectivity index (χ1n) is 5.92. The van der Waals surface area contributed by atoms with Crippen LogP contribution in [0.5, 0.6) is 0 Å². The van der Waals surface area contributed by atoms with Crippen LogP contribution in [0.15, 0.2) is 24.3 Å². The summed E-state index contributed by atoms with van der Waals surface area (Å²) in [6, 6.07) is 6.67. The minimum absolute atomic E-state index is 0.221. The fourth-order valence-electron chi connectivity index (χ4n) is 1.89. The fourth-order valence-corrected chi connectivity index (χ4v) is 1.89. The summed E-state index contributed by atoms with van der Waals surface area (Å²) in [4.78, 5) is 0. The first-order valence-corrected chi connectivity index (χ1v) is 5.92. The maximum Gasteiger partial charge on any atom is 0.148 e. The minimum atomic E-state index is -0.221. The molecule has 0 atom stereocenters. The lowest BCUT2D eigenvalue weighted by molar-refractivity contribution is 0.612. The number of benzene rings is 1. The maximum atomic E-state index is 13.5. The van der Waals surface area contributed by atoms with Crippen LogP contribution >= 0.6 is 0 Å². The van der Waals surface area contributed by atoms with Crippen LogP contribution in [-0.2, 0) is 20.0 Å². The van der Waals surface area contributed by atoms with Gasteiger partial charge in [-0.05, 0) is 12.5 Å². The molecule has 5 heteroatoms. The summed E-state index contributed by atoms with van der Waals surface area (Å²) in [5, 5.41) is 7.43. The van der Waals surface area contributed by atoms with E-state index in [0.717, 1.165) is 17.9 Å². The number of aryl methyl sites for hydroxylation is 2. The summed E-state index contributed by atoms with van der Waals surface area (Å²) in [7, 11) is 1.82. The molecule has 18 heavy (non-hydrogen) atoms. The Balaban J connectivity index is 2.16. The van der Waals surface area contributed by atoms with E-state index in [0.29, 0.717) is 17.8 Å². The smallest absolute Gasteiger partial charge is 0.148 e. The number of nitrogen functional groups attached to an aromatic ring is 1. The number of anilines is 2. The molecule has 0 fully saturated rings. The topological polar surface area (TPSA) is 55.9 Å². The second kappa shape index (κ2) is 5.08. The van der Waals surface area contributed by atoms with Gasteiger partial charge in [-0.1, -0.05) is 25.1 Å². The van der Waals surface area contributed by atoms with Crippen molar-refractivity contribution >= 4 is 11.5 Å². The third kappa shape index (κ3) is 2.30. The highest BCUT2D eigenvalue weighted by Crippen LogP contribution is 2.23. The predicted octanol–water partition coefficient (Wildman–Crippen LogP) is 2.32. The Bertz CT molecular complexity index is 548. The van der Waals surface area contributed by atoms with Gasteiger partial charge in [0.1, 0.15) is 11.6 Å². The second-order valence-corrected chi connectivity index (χ2v) is 4.13. The summed E-state index contributed by atoms with van der Waals surface area (Å²) >= 11 is 0. The van der Waals surface area contributed by atoms with Gasteiger partial charge in [0.2, 0.25) is 0 Å². The van der Waals surface area contributed by atoms with Crippen LogP contribution in [-0.4, -0.2) is 9.78 Å². The Kier molecular flexibility index (Phi) is 3.50. The summed E-state index contributed by atoms with van der Waals surface area (Å²) in [5.41, 5.74) is 8.08. The first kappa shape index (κ1) is 12.4.